The normalized spacial score (nSPS) is 9.89. The number of rotatable bonds is 1. The van der Waals surface area contributed by atoms with E-state index in [1.165, 1.54) is 0 Å². The lowest BCUT2D eigenvalue weighted by Crippen LogP contribution is -2.02. The number of hydrogen-bond acceptors (Lipinski definition) is 2. The highest BCUT2D eigenvalue weighted by Gasteiger charge is 2.00. The molecular weight excluding hydrogens is 221 g/mol. The smallest absolute Gasteiger partial charge is 0.153 e. The topological polar surface area (TPSA) is 30.7 Å². The van der Waals surface area contributed by atoms with Gasteiger partial charge in [0.1, 0.15) is 7.85 Å². The third-order valence-corrected chi connectivity index (χ3v) is 2.44. The lowest BCUT2D eigenvalue weighted by Gasteiger charge is -2.03. The molecule has 18 heavy (non-hydrogen) atoms. The molecule has 3 nitrogen and oxygen atoms in total. The maximum absolute atomic E-state index is 5.71. The van der Waals surface area contributed by atoms with E-state index in [1.54, 1.807) is 10.9 Å². The first-order chi connectivity index (χ1) is 8.83. The quantitative estimate of drug-likeness (QED) is 0.605. The van der Waals surface area contributed by atoms with E-state index in [0.29, 0.717) is 0 Å². The summed E-state index contributed by atoms with van der Waals surface area (Å²) in [5, 5.41) is 5.18. The lowest BCUT2D eigenvalue weighted by atomic mass is 9.95. The Morgan fingerprint density at radius 1 is 1.11 bits per heavy atom. The van der Waals surface area contributed by atoms with Gasteiger partial charge in [-0.05, 0) is 29.7 Å². The van der Waals surface area contributed by atoms with Crippen LogP contribution in [-0.4, -0.2) is 22.6 Å². The van der Waals surface area contributed by atoms with Crippen molar-refractivity contribution in [2.24, 2.45) is 0 Å². The number of nitrogens with zero attached hydrogens (tertiary/aromatic N) is 3. The summed E-state index contributed by atoms with van der Waals surface area (Å²) in [7, 11) is 5.71. The van der Waals surface area contributed by atoms with Crippen molar-refractivity contribution in [1.82, 2.24) is 14.8 Å². The Bertz CT molecular complexity index is 633. The van der Waals surface area contributed by atoms with Crippen molar-refractivity contribution < 1.29 is 0 Å². The molecule has 0 amide bonds. The van der Waals surface area contributed by atoms with Gasteiger partial charge in [-0.1, -0.05) is 31.4 Å². The van der Waals surface area contributed by atoms with E-state index < -0.39 is 0 Å². The van der Waals surface area contributed by atoms with Gasteiger partial charge in [0.15, 0.2) is 5.82 Å². The third-order valence-electron chi connectivity index (χ3n) is 2.44. The van der Waals surface area contributed by atoms with Crippen LogP contribution in [-0.2, 0) is 0 Å². The average Bonchev–Trinajstić information content (AvgIpc) is 2.94. The number of benzene rings is 1. The van der Waals surface area contributed by atoms with E-state index >= 15 is 0 Å². The molecule has 0 saturated heterocycles. The Kier molecular flexibility index (Phi) is 3.77. The van der Waals surface area contributed by atoms with Crippen LogP contribution in [0.5, 0.6) is 0 Å². The van der Waals surface area contributed by atoms with E-state index in [0.717, 1.165) is 22.2 Å². The monoisotopic (exact) mass is 235 g/mol. The maximum atomic E-state index is 5.71. The van der Waals surface area contributed by atoms with Gasteiger partial charge < -0.3 is 0 Å². The number of pyridine rings is 1. The summed E-state index contributed by atoms with van der Waals surface area (Å²) in [4.78, 5) is 4.50. The number of hydrogen-bond donors (Lipinski definition) is 0. The van der Waals surface area contributed by atoms with Crippen molar-refractivity contribution in [3.63, 3.8) is 0 Å². The second-order valence-electron chi connectivity index (χ2n) is 3.57. The molecule has 4 heteroatoms. The first kappa shape index (κ1) is 12.4. The lowest BCUT2D eigenvalue weighted by molar-refractivity contribution is 0.853. The molecule has 88 valence electrons. The molecule has 2 aromatic heterocycles. The van der Waals surface area contributed by atoms with E-state index in [1.807, 2.05) is 56.4 Å². The predicted molar refractivity (Wildman–Crippen MR) is 75.6 cm³/mol. The van der Waals surface area contributed by atoms with E-state index in [4.69, 9.17) is 7.85 Å². The molecule has 0 aliphatic heterocycles. The van der Waals surface area contributed by atoms with Crippen LogP contribution in [0.4, 0.5) is 0 Å². The molecule has 0 N–H and O–H groups in total. The average molecular weight is 235 g/mol. The van der Waals surface area contributed by atoms with Crippen molar-refractivity contribution in [2.75, 3.05) is 0 Å². The minimum Gasteiger partial charge on any atom is -0.229 e. The second-order valence-corrected chi connectivity index (χ2v) is 3.57. The van der Waals surface area contributed by atoms with Gasteiger partial charge in [-0.3, -0.25) is 0 Å². The number of fused-ring (bicyclic) bond motifs is 1. The Labute approximate surface area is 108 Å². The van der Waals surface area contributed by atoms with Crippen molar-refractivity contribution in [1.29, 1.82) is 0 Å². The van der Waals surface area contributed by atoms with Gasteiger partial charge in [-0.15, -0.1) is 0 Å². The van der Waals surface area contributed by atoms with Crippen LogP contribution in [0.3, 0.4) is 0 Å². The molecule has 0 bridgehead atoms. The fraction of sp³-hybridized carbons (Fsp3) is 0.143. The largest absolute Gasteiger partial charge is 0.229 e. The first-order valence-corrected chi connectivity index (χ1v) is 5.99. The zero-order valence-corrected chi connectivity index (χ0v) is 10.5. The highest BCUT2D eigenvalue weighted by atomic mass is 15.3. The summed E-state index contributed by atoms with van der Waals surface area (Å²) in [6.45, 7) is 4.00. The summed E-state index contributed by atoms with van der Waals surface area (Å²) in [6, 6.07) is 11.5. The van der Waals surface area contributed by atoms with Gasteiger partial charge in [-0.2, -0.15) is 5.10 Å². The van der Waals surface area contributed by atoms with E-state index in [2.05, 4.69) is 10.1 Å². The van der Waals surface area contributed by atoms with Gasteiger partial charge in [0.25, 0.3) is 0 Å². The Morgan fingerprint density at radius 3 is 2.67 bits per heavy atom. The second kappa shape index (κ2) is 5.49. The van der Waals surface area contributed by atoms with Crippen molar-refractivity contribution >= 4 is 24.2 Å². The van der Waals surface area contributed by atoms with Crippen molar-refractivity contribution in [3.05, 3.63) is 48.8 Å². The molecule has 0 aliphatic rings. The predicted octanol–water partition coefficient (Wildman–Crippen LogP) is 2.24. The molecule has 0 spiro atoms. The molecule has 0 saturated carbocycles. The minimum atomic E-state index is 0.751. The van der Waals surface area contributed by atoms with Crippen LogP contribution in [0.2, 0.25) is 0 Å². The van der Waals surface area contributed by atoms with E-state index in [-0.39, 0.29) is 0 Å². The van der Waals surface area contributed by atoms with Crippen LogP contribution < -0.4 is 5.46 Å². The van der Waals surface area contributed by atoms with Gasteiger partial charge >= 0.3 is 0 Å². The molecule has 3 aromatic rings. The summed E-state index contributed by atoms with van der Waals surface area (Å²) in [5.74, 6) is 0.808. The molecule has 0 unspecified atom stereocenters. The number of aromatic nitrogens is 3. The summed E-state index contributed by atoms with van der Waals surface area (Å²) >= 11 is 0. The van der Waals surface area contributed by atoms with E-state index in [9.17, 15) is 0 Å². The van der Waals surface area contributed by atoms with Crippen LogP contribution in [0, 0.1) is 0 Å². The molecule has 0 fully saturated rings. The zero-order chi connectivity index (χ0) is 13.0. The maximum Gasteiger partial charge on any atom is 0.153 e. The molecule has 2 radical (unpaired) electrons. The Balaban J connectivity index is 0.000000574. The fourth-order valence-corrected chi connectivity index (χ4v) is 1.67. The third kappa shape index (κ3) is 2.42. The first-order valence-electron chi connectivity index (χ1n) is 5.99. The van der Waals surface area contributed by atoms with Crippen LogP contribution in [0.1, 0.15) is 13.8 Å². The van der Waals surface area contributed by atoms with Crippen molar-refractivity contribution in [2.45, 2.75) is 13.8 Å². The van der Waals surface area contributed by atoms with Crippen LogP contribution in [0.25, 0.3) is 16.7 Å². The molecular formula is C14H14BN3. The van der Waals surface area contributed by atoms with Crippen LogP contribution >= 0.6 is 0 Å². The van der Waals surface area contributed by atoms with Gasteiger partial charge in [-0.25, -0.2) is 9.67 Å². The minimum absolute atomic E-state index is 0.751. The molecule has 3 rings (SSSR count). The SMILES string of the molecule is CC.[B]c1ccc2nc(-n3cccn3)ccc2c1. The summed E-state index contributed by atoms with van der Waals surface area (Å²) in [5.41, 5.74) is 1.67. The van der Waals surface area contributed by atoms with Crippen LogP contribution in [0.15, 0.2) is 48.8 Å². The highest BCUT2D eigenvalue weighted by molar-refractivity contribution is 6.33. The molecule has 1 aromatic carbocycles. The standard InChI is InChI=1S/C12H8BN3.C2H6/c13-10-3-4-11-9(8-10)2-5-12(15-11)16-7-1-6-14-16;1-2/h1-8H;1-2H3. The highest BCUT2D eigenvalue weighted by Crippen LogP contribution is 2.12. The summed E-state index contributed by atoms with van der Waals surface area (Å²) in [6.07, 6.45) is 3.60. The fourth-order valence-electron chi connectivity index (χ4n) is 1.67. The summed E-state index contributed by atoms with van der Waals surface area (Å²) < 4.78 is 1.73. The zero-order valence-electron chi connectivity index (χ0n) is 10.5. The van der Waals surface area contributed by atoms with Gasteiger partial charge in [0.05, 0.1) is 5.52 Å². The Morgan fingerprint density at radius 2 is 1.94 bits per heavy atom. The van der Waals surface area contributed by atoms with Gasteiger partial charge in [0.2, 0.25) is 0 Å². The Hall–Kier alpha value is -2.10. The van der Waals surface area contributed by atoms with Gasteiger partial charge in [0, 0.05) is 12.4 Å². The molecule has 0 atom stereocenters. The van der Waals surface area contributed by atoms with Crippen molar-refractivity contribution in [3.8, 4) is 5.82 Å². The molecule has 2 heterocycles. The molecule has 0 aliphatic carbocycles.